The normalized spacial score (nSPS) is 11.9. The first kappa shape index (κ1) is 24.8. The van der Waals surface area contributed by atoms with Gasteiger partial charge in [0, 0.05) is 19.1 Å². The number of amides is 1. The zero-order valence-corrected chi connectivity index (χ0v) is 17.7. The lowest BCUT2D eigenvalue weighted by atomic mass is 9.81. The Labute approximate surface area is 163 Å². The molecule has 0 atom stereocenters. The monoisotopic (exact) mass is 405 g/mol. The Morgan fingerprint density at radius 2 is 1.62 bits per heavy atom. The highest BCUT2D eigenvalue weighted by atomic mass is 35.5. The van der Waals surface area contributed by atoms with E-state index in [1.807, 2.05) is 26.0 Å². The number of hydrogen-bond donors (Lipinski definition) is 3. The fourth-order valence-corrected chi connectivity index (χ4v) is 4.13. The molecule has 8 heteroatoms. The maximum Gasteiger partial charge on any atom is 0.227 e. The van der Waals surface area contributed by atoms with Gasteiger partial charge in [0.2, 0.25) is 15.9 Å². The summed E-state index contributed by atoms with van der Waals surface area (Å²) in [6, 6.07) is 7.10. The average molecular weight is 406 g/mol. The second-order valence-corrected chi connectivity index (χ2v) is 8.48. The smallest absolute Gasteiger partial charge is 0.227 e. The van der Waals surface area contributed by atoms with Crippen molar-refractivity contribution in [3.05, 3.63) is 35.4 Å². The van der Waals surface area contributed by atoms with Gasteiger partial charge in [-0.05, 0) is 37.8 Å². The van der Waals surface area contributed by atoms with E-state index >= 15 is 0 Å². The number of nitrogens with one attached hydrogen (secondary N) is 2. The molecular weight excluding hydrogens is 374 g/mol. The molecule has 0 heterocycles. The van der Waals surface area contributed by atoms with E-state index in [0.29, 0.717) is 31.5 Å². The van der Waals surface area contributed by atoms with Crippen LogP contribution in [0.3, 0.4) is 0 Å². The van der Waals surface area contributed by atoms with E-state index in [2.05, 4.69) is 10.0 Å². The molecule has 1 amide bonds. The summed E-state index contributed by atoms with van der Waals surface area (Å²) in [5.41, 5.74) is 6.90. The molecule has 1 aromatic rings. The minimum Gasteiger partial charge on any atom is -0.352 e. The van der Waals surface area contributed by atoms with Gasteiger partial charge in [-0.3, -0.25) is 4.79 Å². The van der Waals surface area contributed by atoms with Gasteiger partial charge in [0.1, 0.15) is 0 Å². The Morgan fingerprint density at radius 1 is 1.12 bits per heavy atom. The van der Waals surface area contributed by atoms with E-state index in [1.54, 1.807) is 26.0 Å². The van der Waals surface area contributed by atoms with Crippen molar-refractivity contribution in [3.63, 3.8) is 0 Å². The number of nitrogens with two attached hydrogens (primary N) is 1. The van der Waals surface area contributed by atoms with Crippen LogP contribution in [0.15, 0.2) is 24.3 Å². The van der Waals surface area contributed by atoms with Crippen LogP contribution in [0.2, 0.25) is 0 Å². The molecule has 4 N–H and O–H groups in total. The number of carbonyl (C=O) groups excluding carboxylic acids is 1. The maximum atomic E-state index is 12.4. The molecule has 0 fully saturated rings. The second kappa shape index (κ2) is 10.9. The van der Waals surface area contributed by atoms with Gasteiger partial charge in [-0.25, -0.2) is 13.1 Å². The SMILES string of the molecule is CCC(CC)(CN)C(=O)NCc1ccc(CS(=O)(=O)NC(C)C)cc1.Cl. The summed E-state index contributed by atoms with van der Waals surface area (Å²) in [6.07, 6.45) is 1.40. The fourth-order valence-electron chi connectivity index (χ4n) is 2.70. The topological polar surface area (TPSA) is 101 Å². The van der Waals surface area contributed by atoms with Crippen molar-refractivity contribution < 1.29 is 13.2 Å². The molecule has 0 aromatic heterocycles. The van der Waals surface area contributed by atoms with Crippen LogP contribution in [0.5, 0.6) is 0 Å². The predicted molar refractivity (Wildman–Crippen MR) is 109 cm³/mol. The molecule has 0 saturated carbocycles. The molecule has 1 rings (SSSR count). The van der Waals surface area contributed by atoms with Crippen molar-refractivity contribution in [2.24, 2.45) is 11.1 Å². The molecule has 0 aliphatic carbocycles. The summed E-state index contributed by atoms with van der Waals surface area (Å²) >= 11 is 0. The van der Waals surface area contributed by atoms with Gasteiger partial charge in [0.15, 0.2) is 0 Å². The maximum absolute atomic E-state index is 12.4. The third-order valence-electron chi connectivity index (χ3n) is 4.47. The van der Waals surface area contributed by atoms with Crippen molar-refractivity contribution >= 4 is 28.3 Å². The lowest BCUT2D eigenvalue weighted by Crippen LogP contribution is -2.45. The van der Waals surface area contributed by atoms with Crippen molar-refractivity contribution in [2.75, 3.05) is 6.54 Å². The third kappa shape index (κ3) is 7.23. The highest BCUT2D eigenvalue weighted by molar-refractivity contribution is 7.88. The van der Waals surface area contributed by atoms with E-state index < -0.39 is 15.4 Å². The van der Waals surface area contributed by atoms with Crippen LogP contribution in [-0.4, -0.2) is 26.9 Å². The van der Waals surface area contributed by atoms with Crippen molar-refractivity contribution in [1.29, 1.82) is 0 Å². The standard InChI is InChI=1S/C18H31N3O3S.ClH/c1-5-18(6-2,13-19)17(22)20-11-15-7-9-16(10-8-15)12-25(23,24)21-14(3)4;/h7-10,14,21H,5-6,11-13,19H2,1-4H3,(H,20,22);1H. The van der Waals surface area contributed by atoms with Crippen LogP contribution in [0.1, 0.15) is 51.7 Å². The van der Waals surface area contributed by atoms with Crippen molar-refractivity contribution in [2.45, 2.75) is 58.9 Å². The zero-order chi connectivity index (χ0) is 19.1. The molecule has 150 valence electrons. The predicted octanol–water partition coefficient (Wildman–Crippen LogP) is 2.32. The van der Waals surface area contributed by atoms with Crippen LogP contribution in [-0.2, 0) is 27.1 Å². The lowest BCUT2D eigenvalue weighted by molar-refractivity contribution is -0.131. The highest BCUT2D eigenvalue weighted by Crippen LogP contribution is 2.25. The molecule has 0 unspecified atom stereocenters. The number of benzene rings is 1. The van der Waals surface area contributed by atoms with Crippen molar-refractivity contribution in [3.8, 4) is 0 Å². The van der Waals surface area contributed by atoms with Gasteiger partial charge in [-0.2, -0.15) is 0 Å². The van der Waals surface area contributed by atoms with E-state index in [1.165, 1.54) is 0 Å². The quantitative estimate of drug-likeness (QED) is 0.555. The molecular formula is C18H32ClN3O3S. The van der Waals surface area contributed by atoms with Gasteiger partial charge in [-0.15, -0.1) is 12.4 Å². The molecule has 0 radical (unpaired) electrons. The molecule has 6 nitrogen and oxygen atoms in total. The Hall–Kier alpha value is -1.15. The van der Waals surface area contributed by atoms with Gasteiger partial charge < -0.3 is 11.1 Å². The molecule has 1 aromatic carbocycles. The number of rotatable bonds is 10. The minimum absolute atomic E-state index is 0. The Balaban J connectivity index is 0.00000625. The summed E-state index contributed by atoms with van der Waals surface area (Å²) in [5, 5.41) is 2.94. The molecule has 26 heavy (non-hydrogen) atoms. The zero-order valence-electron chi connectivity index (χ0n) is 16.0. The number of sulfonamides is 1. The summed E-state index contributed by atoms with van der Waals surface area (Å²) < 4.78 is 26.4. The first-order chi connectivity index (χ1) is 11.7. The molecule has 0 bridgehead atoms. The van der Waals surface area contributed by atoms with E-state index in [9.17, 15) is 13.2 Å². The summed E-state index contributed by atoms with van der Waals surface area (Å²) in [5.74, 6) is -0.0902. The summed E-state index contributed by atoms with van der Waals surface area (Å²) in [6.45, 7) is 8.24. The fraction of sp³-hybridized carbons (Fsp3) is 0.611. The second-order valence-electron chi connectivity index (χ2n) is 6.72. The van der Waals surface area contributed by atoms with Crippen LogP contribution < -0.4 is 15.8 Å². The minimum atomic E-state index is -3.34. The first-order valence-corrected chi connectivity index (χ1v) is 10.4. The molecule has 0 aliphatic heterocycles. The molecule has 0 aliphatic rings. The highest BCUT2D eigenvalue weighted by Gasteiger charge is 2.32. The third-order valence-corrected chi connectivity index (χ3v) is 6.02. The van der Waals surface area contributed by atoms with Crippen LogP contribution in [0, 0.1) is 5.41 Å². The van der Waals surface area contributed by atoms with Crippen LogP contribution >= 0.6 is 12.4 Å². The van der Waals surface area contributed by atoms with Gasteiger partial charge >= 0.3 is 0 Å². The number of carbonyl (C=O) groups is 1. The molecule has 0 saturated heterocycles. The Kier molecular flexibility index (Phi) is 10.4. The van der Waals surface area contributed by atoms with E-state index in [-0.39, 0.29) is 30.1 Å². The summed E-state index contributed by atoms with van der Waals surface area (Å²) in [4.78, 5) is 12.4. The Morgan fingerprint density at radius 3 is 2.04 bits per heavy atom. The number of hydrogen-bond acceptors (Lipinski definition) is 4. The average Bonchev–Trinajstić information content (AvgIpc) is 2.54. The van der Waals surface area contributed by atoms with Crippen LogP contribution in [0.25, 0.3) is 0 Å². The van der Waals surface area contributed by atoms with Gasteiger partial charge in [0.05, 0.1) is 11.2 Å². The van der Waals surface area contributed by atoms with E-state index in [4.69, 9.17) is 5.73 Å². The molecule has 0 spiro atoms. The Bertz CT molecular complexity index is 648. The van der Waals surface area contributed by atoms with Crippen LogP contribution in [0.4, 0.5) is 0 Å². The lowest BCUT2D eigenvalue weighted by Gasteiger charge is -2.28. The number of halogens is 1. The van der Waals surface area contributed by atoms with Gasteiger partial charge in [-0.1, -0.05) is 38.1 Å². The summed E-state index contributed by atoms with van der Waals surface area (Å²) in [7, 11) is -3.34. The van der Waals surface area contributed by atoms with Gasteiger partial charge in [0.25, 0.3) is 0 Å². The van der Waals surface area contributed by atoms with E-state index in [0.717, 1.165) is 5.56 Å². The largest absolute Gasteiger partial charge is 0.352 e. The van der Waals surface area contributed by atoms with Crippen molar-refractivity contribution in [1.82, 2.24) is 10.0 Å². The first-order valence-electron chi connectivity index (χ1n) is 8.74.